The van der Waals surface area contributed by atoms with Crippen LogP contribution in [0.3, 0.4) is 0 Å². The van der Waals surface area contributed by atoms with Gasteiger partial charge in [0, 0.05) is 11.3 Å². The summed E-state index contributed by atoms with van der Waals surface area (Å²) in [5.41, 5.74) is 3.83. The molecule has 1 N–H and O–H groups in total. The monoisotopic (exact) mass is 485 g/mol. The number of carbonyl (C=O) groups excluding carboxylic acids is 1. The largest absolute Gasteiger partial charge is 0.488 e. The van der Waals surface area contributed by atoms with Gasteiger partial charge in [-0.25, -0.2) is 0 Å². The fourth-order valence-corrected chi connectivity index (χ4v) is 3.48. The Kier molecular flexibility index (Phi) is 7.80. The maximum absolute atomic E-state index is 12.5. The Morgan fingerprint density at radius 1 is 1.09 bits per heavy atom. The van der Waals surface area contributed by atoms with Crippen LogP contribution in [0.5, 0.6) is 5.75 Å². The van der Waals surface area contributed by atoms with Gasteiger partial charge in [-0.05, 0) is 69.9 Å². The van der Waals surface area contributed by atoms with Gasteiger partial charge in [0.15, 0.2) is 0 Å². The molecule has 5 nitrogen and oxygen atoms in total. The fourth-order valence-electron chi connectivity index (χ4n) is 2.97. The molecule has 0 aromatic heterocycles. The molecule has 3 aromatic rings. The topological polar surface area (TPSA) is 85.9 Å². The number of nitriles is 2. The number of amides is 1. The van der Waals surface area contributed by atoms with E-state index in [4.69, 9.17) is 4.74 Å². The lowest BCUT2D eigenvalue weighted by molar-refractivity contribution is -0.112. The molecule has 0 saturated carbocycles. The van der Waals surface area contributed by atoms with Gasteiger partial charge in [-0.1, -0.05) is 43.3 Å². The summed E-state index contributed by atoms with van der Waals surface area (Å²) in [7, 11) is 0. The van der Waals surface area contributed by atoms with Gasteiger partial charge in [0.2, 0.25) is 0 Å². The number of nitrogens with one attached hydrogen (secondary N) is 1. The average molecular weight is 486 g/mol. The molecule has 1 amide bonds. The van der Waals surface area contributed by atoms with Crippen molar-refractivity contribution in [3.05, 3.63) is 99.0 Å². The average Bonchev–Trinajstić information content (AvgIpc) is 2.82. The van der Waals surface area contributed by atoms with Gasteiger partial charge in [0.05, 0.1) is 16.1 Å². The zero-order valence-corrected chi connectivity index (χ0v) is 19.0. The second-order valence-electron chi connectivity index (χ2n) is 6.92. The van der Waals surface area contributed by atoms with E-state index in [1.165, 1.54) is 11.6 Å². The second-order valence-corrected chi connectivity index (χ2v) is 7.78. The van der Waals surface area contributed by atoms with Crippen molar-refractivity contribution < 1.29 is 9.53 Å². The first-order chi connectivity index (χ1) is 15.5. The number of anilines is 1. The highest BCUT2D eigenvalue weighted by molar-refractivity contribution is 9.10. The van der Waals surface area contributed by atoms with Gasteiger partial charge in [-0.15, -0.1) is 0 Å². The summed E-state index contributed by atoms with van der Waals surface area (Å²) < 4.78 is 6.51. The van der Waals surface area contributed by atoms with Crippen molar-refractivity contribution in [2.45, 2.75) is 20.0 Å². The molecule has 0 unspecified atom stereocenters. The lowest BCUT2D eigenvalue weighted by Crippen LogP contribution is -2.13. The molecule has 0 heterocycles. The lowest BCUT2D eigenvalue weighted by Gasteiger charge is -2.10. The minimum Gasteiger partial charge on any atom is -0.488 e. The Balaban J connectivity index is 1.71. The van der Waals surface area contributed by atoms with E-state index in [2.05, 4.69) is 34.2 Å². The van der Waals surface area contributed by atoms with E-state index in [-0.39, 0.29) is 12.2 Å². The molecule has 3 aromatic carbocycles. The van der Waals surface area contributed by atoms with Crippen LogP contribution in [0, 0.1) is 22.7 Å². The number of carbonyl (C=O) groups is 1. The number of rotatable bonds is 7. The maximum Gasteiger partial charge on any atom is 0.266 e. The molecule has 0 spiro atoms. The molecular formula is C26H20BrN3O2. The smallest absolute Gasteiger partial charge is 0.266 e. The number of benzene rings is 3. The first kappa shape index (κ1) is 22.8. The van der Waals surface area contributed by atoms with Crippen LogP contribution in [0.25, 0.3) is 6.08 Å². The zero-order chi connectivity index (χ0) is 22.9. The van der Waals surface area contributed by atoms with Crippen molar-refractivity contribution >= 4 is 33.6 Å². The predicted octanol–water partition coefficient (Wildman–Crippen LogP) is 6.01. The Labute approximate surface area is 195 Å². The molecule has 0 atom stereocenters. The van der Waals surface area contributed by atoms with Crippen molar-refractivity contribution in [2.75, 3.05) is 5.32 Å². The number of hydrogen-bond acceptors (Lipinski definition) is 4. The van der Waals surface area contributed by atoms with Crippen LogP contribution in [0.1, 0.15) is 29.2 Å². The molecule has 0 aliphatic carbocycles. The first-order valence-corrected chi connectivity index (χ1v) is 10.8. The fraction of sp³-hybridized carbons (Fsp3) is 0.115. The summed E-state index contributed by atoms with van der Waals surface area (Å²) >= 11 is 3.47. The van der Waals surface area contributed by atoms with E-state index in [0.29, 0.717) is 27.0 Å². The summed E-state index contributed by atoms with van der Waals surface area (Å²) in [6.07, 6.45) is 2.44. The summed E-state index contributed by atoms with van der Waals surface area (Å²) in [4.78, 5) is 12.5. The highest BCUT2D eigenvalue weighted by Gasteiger charge is 2.11. The molecule has 6 heteroatoms. The van der Waals surface area contributed by atoms with E-state index >= 15 is 0 Å². The van der Waals surface area contributed by atoms with E-state index in [0.717, 1.165) is 12.0 Å². The summed E-state index contributed by atoms with van der Waals surface area (Å²) in [5.74, 6) is 0.121. The molecule has 0 aliphatic rings. The van der Waals surface area contributed by atoms with Crippen LogP contribution in [0.15, 0.2) is 76.8 Å². The van der Waals surface area contributed by atoms with E-state index in [1.807, 2.05) is 48.5 Å². The molecule has 0 radical (unpaired) electrons. The first-order valence-electron chi connectivity index (χ1n) is 9.96. The number of hydrogen-bond donors (Lipinski definition) is 1. The third-order valence-electron chi connectivity index (χ3n) is 4.77. The van der Waals surface area contributed by atoms with Crippen molar-refractivity contribution in [1.29, 1.82) is 10.5 Å². The van der Waals surface area contributed by atoms with Gasteiger partial charge >= 0.3 is 0 Å². The quantitative estimate of drug-likeness (QED) is 0.328. The maximum atomic E-state index is 12.5. The molecule has 32 heavy (non-hydrogen) atoms. The van der Waals surface area contributed by atoms with E-state index in [9.17, 15) is 15.3 Å². The summed E-state index contributed by atoms with van der Waals surface area (Å²) in [5, 5.41) is 21.4. The minimum atomic E-state index is -0.471. The molecule has 0 aliphatic heterocycles. The van der Waals surface area contributed by atoms with Crippen LogP contribution in [-0.4, -0.2) is 5.91 Å². The zero-order valence-electron chi connectivity index (χ0n) is 17.4. The number of ether oxygens (including phenoxy) is 1. The SMILES string of the molecule is CCc1ccc(NC(=O)/C(C#N)=C/c2ccc(OCc3ccccc3C#N)c(Br)c2)cc1. The van der Waals surface area contributed by atoms with Crippen molar-refractivity contribution in [3.63, 3.8) is 0 Å². The molecule has 3 rings (SSSR count). The predicted molar refractivity (Wildman–Crippen MR) is 128 cm³/mol. The Hall–Kier alpha value is -3.87. The van der Waals surface area contributed by atoms with Crippen molar-refractivity contribution in [3.8, 4) is 17.9 Å². The van der Waals surface area contributed by atoms with Gasteiger partial charge in [0.1, 0.15) is 24.0 Å². The van der Waals surface area contributed by atoms with E-state index < -0.39 is 5.91 Å². The van der Waals surface area contributed by atoms with Crippen LogP contribution < -0.4 is 10.1 Å². The molecule has 158 valence electrons. The highest BCUT2D eigenvalue weighted by atomic mass is 79.9. The molecule has 0 bridgehead atoms. The Bertz CT molecular complexity index is 1240. The second kappa shape index (κ2) is 10.9. The normalized spacial score (nSPS) is 10.7. The van der Waals surface area contributed by atoms with Crippen LogP contribution in [0.4, 0.5) is 5.69 Å². The number of nitrogens with zero attached hydrogens (tertiary/aromatic N) is 2. The lowest BCUT2D eigenvalue weighted by atomic mass is 10.1. The summed E-state index contributed by atoms with van der Waals surface area (Å²) in [6.45, 7) is 2.31. The van der Waals surface area contributed by atoms with Crippen LogP contribution in [0.2, 0.25) is 0 Å². The van der Waals surface area contributed by atoms with Gasteiger partial charge in [0.25, 0.3) is 5.91 Å². The van der Waals surface area contributed by atoms with Crippen molar-refractivity contribution in [1.82, 2.24) is 0 Å². The van der Waals surface area contributed by atoms with Gasteiger partial charge in [-0.3, -0.25) is 4.79 Å². The Morgan fingerprint density at radius 2 is 1.84 bits per heavy atom. The van der Waals surface area contributed by atoms with Crippen molar-refractivity contribution in [2.24, 2.45) is 0 Å². The minimum absolute atomic E-state index is 0.00640. The van der Waals surface area contributed by atoms with E-state index in [1.54, 1.807) is 24.3 Å². The number of aryl methyl sites for hydroxylation is 1. The highest BCUT2D eigenvalue weighted by Crippen LogP contribution is 2.28. The van der Waals surface area contributed by atoms with Gasteiger partial charge in [-0.2, -0.15) is 10.5 Å². The van der Waals surface area contributed by atoms with Crippen LogP contribution in [-0.2, 0) is 17.8 Å². The summed E-state index contributed by atoms with van der Waals surface area (Å²) in [6, 6.07) is 24.2. The Morgan fingerprint density at radius 3 is 2.50 bits per heavy atom. The van der Waals surface area contributed by atoms with Crippen LogP contribution >= 0.6 is 15.9 Å². The van der Waals surface area contributed by atoms with Gasteiger partial charge < -0.3 is 10.1 Å². The molecular weight excluding hydrogens is 466 g/mol. The number of halogens is 1. The standard InChI is InChI=1S/C26H20BrN3O2/c1-2-18-7-10-23(11-8-18)30-26(31)22(16-29)13-19-9-12-25(24(27)14-19)32-17-21-6-4-3-5-20(21)15-28/h3-14H,2,17H2,1H3,(H,30,31)/b22-13+. The third-order valence-corrected chi connectivity index (χ3v) is 5.39. The third kappa shape index (κ3) is 5.85. The molecule has 0 saturated heterocycles. The molecule has 0 fully saturated rings.